The zero-order chi connectivity index (χ0) is 7.40. The highest BCUT2D eigenvalue weighted by Crippen LogP contribution is 2.01. The number of hydrogen-bond donors (Lipinski definition) is 2. The molecule has 1 aromatic rings. The van der Waals surface area contributed by atoms with Crippen LogP contribution in [0.2, 0.25) is 0 Å². The average Bonchev–Trinajstić information content (AvgIpc) is 2.05. The molecular formula is C8H13ClN2. The fraction of sp³-hybridized carbons (Fsp3) is 0.250. The lowest BCUT2D eigenvalue weighted by molar-refractivity contribution is 1.04. The highest BCUT2D eigenvalue weighted by atomic mass is 35.5. The summed E-state index contributed by atoms with van der Waals surface area (Å²) in [7, 11) is 0. The zero-order valence-corrected chi connectivity index (χ0v) is 7.10. The van der Waals surface area contributed by atoms with Crippen LogP contribution in [0, 0.1) is 0 Å². The van der Waals surface area contributed by atoms with Gasteiger partial charge in [-0.05, 0) is 11.1 Å². The van der Waals surface area contributed by atoms with Gasteiger partial charge in [0.2, 0.25) is 0 Å². The van der Waals surface area contributed by atoms with Gasteiger partial charge in [-0.1, -0.05) is 24.3 Å². The summed E-state index contributed by atoms with van der Waals surface area (Å²) < 4.78 is 0. The minimum atomic E-state index is 0. The first-order valence-corrected chi connectivity index (χ1v) is 3.34. The molecule has 0 bridgehead atoms. The second kappa shape index (κ2) is 5.13. The summed E-state index contributed by atoms with van der Waals surface area (Å²) in [5.41, 5.74) is 13.1. The van der Waals surface area contributed by atoms with Gasteiger partial charge in [0.05, 0.1) is 0 Å². The van der Waals surface area contributed by atoms with Crippen molar-refractivity contribution in [2.75, 3.05) is 0 Å². The molecule has 2 nitrogen and oxygen atoms in total. The summed E-state index contributed by atoms with van der Waals surface area (Å²) >= 11 is 0. The van der Waals surface area contributed by atoms with Crippen molar-refractivity contribution in [3.05, 3.63) is 35.4 Å². The molecule has 4 N–H and O–H groups in total. The van der Waals surface area contributed by atoms with Crippen molar-refractivity contribution in [1.82, 2.24) is 0 Å². The van der Waals surface area contributed by atoms with Gasteiger partial charge in [-0.25, -0.2) is 0 Å². The lowest BCUT2D eigenvalue weighted by Crippen LogP contribution is -1.98. The Morgan fingerprint density at radius 2 is 1.09 bits per heavy atom. The average molecular weight is 173 g/mol. The predicted molar refractivity (Wildman–Crippen MR) is 49.5 cm³/mol. The number of rotatable bonds is 2. The normalized spacial score (nSPS) is 8.91. The van der Waals surface area contributed by atoms with Crippen LogP contribution in [0.25, 0.3) is 0 Å². The molecule has 0 saturated heterocycles. The molecule has 0 radical (unpaired) electrons. The minimum Gasteiger partial charge on any atom is -0.326 e. The summed E-state index contributed by atoms with van der Waals surface area (Å²) in [6.07, 6.45) is 0. The maximum atomic E-state index is 5.41. The van der Waals surface area contributed by atoms with Gasteiger partial charge in [-0.3, -0.25) is 0 Å². The van der Waals surface area contributed by atoms with Gasteiger partial charge in [0.1, 0.15) is 0 Å². The van der Waals surface area contributed by atoms with Crippen LogP contribution in [0.4, 0.5) is 0 Å². The molecule has 3 heteroatoms. The van der Waals surface area contributed by atoms with E-state index in [0.29, 0.717) is 13.1 Å². The van der Waals surface area contributed by atoms with E-state index in [1.54, 1.807) is 0 Å². The Labute approximate surface area is 73.0 Å². The second-order valence-corrected chi connectivity index (χ2v) is 2.22. The van der Waals surface area contributed by atoms with E-state index in [9.17, 15) is 0 Å². The van der Waals surface area contributed by atoms with Crippen LogP contribution in [-0.4, -0.2) is 0 Å². The number of benzene rings is 1. The van der Waals surface area contributed by atoms with Crippen molar-refractivity contribution in [2.45, 2.75) is 13.1 Å². The Balaban J connectivity index is 0.000001000. The number of hydrogen-bond acceptors (Lipinski definition) is 2. The van der Waals surface area contributed by atoms with Crippen molar-refractivity contribution in [3.8, 4) is 0 Å². The van der Waals surface area contributed by atoms with Crippen LogP contribution in [0.15, 0.2) is 24.3 Å². The van der Waals surface area contributed by atoms with Crippen LogP contribution in [0.3, 0.4) is 0 Å². The predicted octanol–water partition coefficient (Wildman–Crippen LogP) is 1.03. The maximum absolute atomic E-state index is 5.41. The van der Waals surface area contributed by atoms with Gasteiger partial charge >= 0.3 is 0 Å². The first-order chi connectivity index (χ1) is 4.86. The lowest BCUT2D eigenvalue weighted by Gasteiger charge is -1.97. The topological polar surface area (TPSA) is 52.0 Å². The standard InChI is InChI=1S/C8H12N2.ClH/c9-5-7-1-2-8(6-10)4-3-7;/h1-4H,5-6,9-10H2;1H. The molecular weight excluding hydrogens is 160 g/mol. The van der Waals surface area contributed by atoms with E-state index in [4.69, 9.17) is 11.5 Å². The molecule has 0 unspecified atom stereocenters. The van der Waals surface area contributed by atoms with E-state index < -0.39 is 0 Å². The maximum Gasteiger partial charge on any atom is 0.0178 e. The SMILES string of the molecule is Cl.NCc1ccc(CN)cc1. The van der Waals surface area contributed by atoms with Crippen LogP contribution < -0.4 is 11.5 Å². The summed E-state index contributed by atoms with van der Waals surface area (Å²) in [6.45, 7) is 1.20. The van der Waals surface area contributed by atoms with Crippen molar-refractivity contribution < 1.29 is 0 Å². The Bertz CT molecular complexity index is 173. The molecule has 0 aromatic heterocycles. The number of nitrogens with two attached hydrogens (primary N) is 2. The zero-order valence-electron chi connectivity index (χ0n) is 6.29. The highest BCUT2D eigenvalue weighted by molar-refractivity contribution is 5.85. The van der Waals surface area contributed by atoms with Gasteiger partial charge in [0, 0.05) is 13.1 Å². The van der Waals surface area contributed by atoms with Gasteiger partial charge in [-0.2, -0.15) is 0 Å². The van der Waals surface area contributed by atoms with Gasteiger partial charge < -0.3 is 11.5 Å². The smallest absolute Gasteiger partial charge is 0.0178 e. The summed E-state index contributed by atoms with van der Waals surface area (Å²) in [6, 6.07) is 8.01. The van der Waals surface area contributed by atoms with Crippen LogP contribution in [-0.2, 0) is 13.1 Å². The fourth-order valence-corrected chi connectivity index (χ4v) is 0.811. The third kappa shape index (κ3) is 2.89. The van der Waals surface area contributed by atoms with Crippen molar-refractivity contribution in [1.29, 1.82) is 0 Å². The molecule has 0 spiro atoms. The van der Waals surface area contributed by atoms with Crippen LogP contribution >= 0.6 is 12.4 Å². The monoisotopic (exact) mass is 172 g/mol. The Hall–Kier alpha value is -0.570. The molecule has 0 aliphatic rings. The Morgan fingerprint density at radius 1 is 0.818 bits per heavy atom. The molecule has 0 heterocycles. The van der Waals surface area contributed by atoms with Gasteiger partial charge in [0.15, 0.2) is 0 Å². The van der Waals surface area contributed by atoms with E-state index in [1.165, 1.54) is 0 Å². The lowest BCUT2D eigenvalue weighted by atomic mass is 10.1. The molecule has 62 valence electrons. The van der Waals surface area contributed by atoms with E-state index in [-0.39, 0.29) is 12.4 Å². The van der Waals surface area contributed by atoms with E-state index in [0.717, 1.165) is 11.1 Å². The van der Waals surface area contributed by atoms with Gasteiger partial charge in [-0.15, -0.1) is 12.4 Å². The van der Waals surface area contributed by atoms with E-state index in [2.05, 4.69) is 0 Å². The molecule has 1 aromatic carbocycles. The first-order valence-electron chi connectivity index (χ1n) is 3.34. The molecule has 0 saturated carbocycles. The Morgan fingerprint density at radius 3 is 1.27 bits per heavy atom. The first kappa shape index (κ1) is 10.4. The second-order valence-electron chi connectivity index (χ2n) is 2.22. The molecule has 11 heavy (non-hydrogen) atoms. The van der Waals surface area contributed by atoms with Crippen molar-refractivity contribution in [2.24, 2.45) is 11.5 Å². The largest absolute Gasteiger partial charge is 0.326 e. The number of halogens is 1. The quantitative estimate of drug-likeness (QED) is 0.700. The summed E-state index contributed by atoms with van der Waals surface area (Å²) in [5.74, 6) is 0. The minimum absolute atomic E-state index is 0. The molecule has 1 rings (SSSR count). The van der Waals surface area contributed by atoms with E-state index >= 15 is 0 Å². The van der Waals surface area contributed by atoms with Crippen molar-refractivity contribution >= 4 is 12.4 Å². The molecule has 0 aliphatic heterocycles. The fourth-order valence-electron chi connectivity index (χ4n) is 0.811. The molecule has 0 amide bonds. The molecule has 0 atom stereocenters. The van der Waals surface area contributed by atoms with Crippen LogP contribution in [0.5, 0.6) is 0 Å². The van der Waals surface area contributed by atoms with E-state index in [1.807, 2.05) is 24.3 Å². The summed E-state index contributed by atoms with van der Waals surface area (Å²) in [4.78, 5) is 0. The van der Waals surface area contributed by atoms with Gasteiger partial charge in [0.25, 0.3) is 0 Å². The van der Waals surface area contributed by atoms with Crippen LogP contribution in [0.1, 0.15) is 11.1 Å². The highest BCUT2D eigenvalue weighted by Gasteiger charge is 1.88. The third-order valence-electron chi connectivity index (χ3n) is 1.49. The summed E-state index contributed by atoms with van der Waals surface area (Å²) in [5, 5.41) is 0. The Kier molecular flexibility index (Phi) is 4.86. The third-order valence-corrected chi connectivity index (χ3v) is 1.49. The molecule has 0 fully saturated rings. The van der Waals surface area contributed by atoms with Crippen molar-refractivity contribution in [3.63, 3.8) is 0 Å². The molecule has 0 aliphatic carbocycles.